The lowest BCUT2D eigenvalue weighted by molar-refractivity contribution is -0.125. The molecule has 1 amide bonds. The Labute approximate surface area is 148 Å². The molecule has 2 rings (SSSR count). The van der Waals surface area contributed by atoms with Gasteiger partial charge in [-0.2, -0.15) is 5.10 Å². The summed E-state index contributed by atoms with van der Waals surface area (Å²) >= 11 is 0. The highest BCUT2D eigenvalue weighted by atomic mass is 16.5. The van der Waals surface area contributed by atoms with E-state index in [1.54, 1.807) is 12.3 Å². The Morgan fingerprint density at radius 3 is 2.40 bits per heavy atom. The first-order chi connectivity index (χ1) is 11.6. The van der Waals surface area contributed by atoms with Crippen molar-refractivity contribution in [3.8, 4) is 5.75 Å². The van der Waals surface area contributed by atoms with E-state index in [4.69, 9.17) is 4.74 Å². The third-order valence-electron chi connectivity index (χ3n) is 3.68. The lowest BCUT2D eigenvalue weighted by atomic mass is 9.91. The highest BCUT2D eigenvalue weighted by Gasteiger charge is 2.22. The number of nitrogens with zero attached hydrogens (tertiary/aromatic N) is 2. The van der Waals surface area contributed by atoms with Crippen LogP contribution in [-0.4, -0.2) is 28.0 Å². The lowest BCUT2D eigenvalue weighted by Crippen LogP contribution is -2.35. The number of aryl methyl sites for hydroxylation is 2. The summed E-state index contributed by atoms with van der Waals surface area (Å²) < 4.78 is 7.24. The molecule has 0 fully saturated rings. The van der Waals surface area contributed by atoms with Crippen LogP contribution in [0.15, 0.2) is 30.5 Å². The van der Waals surface area contributed by atoms with E-state index in [0.717, 1.165) is 16.9 Å². The molecule has 2 aromatic rings. The molecule has 0 saturated heterocycles. The number of ketones is 1. The number of amides is 1. The van der Waals surface area contributed by atoms with Crippen LogP contribution in [0.2, 0.25) is 0 Å². The predicted molar refractivity (Wildman–Crippen MR) is 95.6 cm³/mol. The minimum atomic E-state index is -0.480. The SMILES string of the molecule is Cc1cc(C)cc(OCn2ccc(C(=O)NCC(=O)C(C)(C)C)n2)c1. The van der Waals surface area contributed by atoms with Crippen LogP contribution in [0.5, 0.6) is 5.75 Å². The molecule has 1 heterocycles. The molecule has 6 nitrogen and oxygen atoms in total. The minimum Gasteiger partial charge on any atom is -0.471 e. The monoisotopic (exact) mass is 343 g/mol. The van der Waals surface area contributed by atoms with Gasteiger partial charge >= 0.3 is 0 Å². The highest BCUT2D eigenvalue weighted by Crippen LogP contribution is 2.16. The van der Waals surface area contributed by atoms with Crippen molar-refractivity contribution in [1.29, 1.82) is 0 Å². The van der Waals surface area contributed by atoms with E-state index in [0.29, 0.717) is 0 Å². The molecule has 0 bridgehead atoms. The summed E-state index contributed by atoms with van der Waals surface area (Å²) in [6.07, 6.45) is 1.67. The fourth-order valence-electron chi connectivity index (χ4n) is 2.23. The lowest BCUT2D eigenvalue weighted by Gasteiger charge is -2.16. The number of hydrogen-bond donors (Lipinski definition) is 1. The average Bonchev–Trinajstić information content (AvgIpc) is 2.97. The third kappa shape index (κ3) is 5.45. The summed E-state index contributed by atoms with van der Waals surface area (Å²) in [4.78, 5) is 23.9. The number of rotatable bonds is 6. The second-order valence-corrected chi connectivity index (χ2v) is 7.19. The third-order valence-corrected chi connectivity index (χ3v) is 3.68. The molecule has 0 radical (unpaired) electrons. The molecule has 134 valence electrons. The van der Waals surface area contributed by atoms with Crippen molar-refractivity contribution in [1.82, 2.24) is 15.1 Å². The molecule has 0 aliphatic heterocycles. The van der Waals surface area contributed by atoms with Gasteiger partial charge in [0.1, 0.15) is 11.4 Å². The van der Waals surface area contributed by atoms with E-state index in [2.05, 4.69) is 16.5 Å². The fraction of sp³-hybridized carbons (Fsp3) is 0.421. The van der Waals surface area contributed by atoms with E-state index in [1.165, 1.54) is 4.68 Å². The van der Waals surface area contributed by atoms with Crippen LogP contribution in [0.3, 0.4) is 0 Å². The number of carbonyl (C=O) groups excluding carboxylic acids is 2. The molecule has 0 aliphatic rings. The number of carbonyl (C=O) groups is 2. The van der Waals surface area contributed by atoms with Crippen molar-refractivity contribution >= 4 is 11.7 Å². The molecule has 0 saturated carbocycles. The van der Waals surface area contributed by atoms with Crippen molar-refractivity contribution in [3.05, 3.63) is 47.3 Å². The largest absolute Gasteiger partial charge is 0.471 e. The number of Topliss-reactive ketones (excluding diaryl/α,β-unsaturated/α-hetero) is 1. The van der Waals surface area contributed by atoms with Crippen LogP contribution in [-0.2, 0) is 11.5 Å². The Kier molecular flexibility index (Phi) is 5.62. The molecule has 0 atom stereocenters. The van der Waals surface area contributed by atoms with Gasteiger partial charge in [0.05, 0.1) is 6.54 Å². The van der Waals surface area contributed by atoms with Crippen LogP contribution in [0.1, 0.15) is 42.4 Å². The number of hydrogen-bond acceptors (Lipinski definition) is 4. The van der Waals surface area contributed by atoms with Crippen molar-refractivity contribution in [2.75, 3.05) is 6.54 Å². The quantitative estimate of drug-likeness (QED) is 0.875. The Hall–Kier alpha value is -2.63. The topological polar surface area (TPSA) is 73.2 Å². The highest BCUT2D eigenvalue weighted by molar-refractivity contribution is 5.96. The zero-order valence-corrected chi connectivity index (χ0v) is 15.4. The van der Waals surface area contributed by atoms with Crippen molar-refractivity contribution in [3.63, 3.8) is 0 Å². The minimum absolute atomic E-state index is 0.00569. The Morgan fingerprint density at radius 2 is 1.80 bits per heavy atom. The molecule has 1 N–H and O–H groups in total. The maximum Gasteiger partial charge on any atom is 0.272 e. The van der Waals surface area contributed by atoms with E-state index in [9.17, 15) is 9.59 Å². The van der Waals surface area contributed by atoms with Gasteiger partial charge in [-0.25, -0.2) is 4.68 Å². The van der Waals surface area contributed by atoms with Gasteiger partial charge < -0.3 is 10.1 Å². The average molecular weight is 343 g/mol. The summed E-state index contributed by atoms with van der Waals surface area (Å²) in [5.41, 5.74) is 2.02. The molecule has 25 heavy (non-hydrogen) atoms. The maximum absolute atomic E-state index is 12.1. The summed E-state index contributed by atoms with van der Waals surface area (Å²) in [5.74, 6) is 0.357. The normalized spacial score (nSPS) is 11.2. The summed E-state index contributed by atoms with van der Waals surface area (Å²) in [6, 6.07) is 7.56. The number of ether oxygens (including phenoxy) is 1. The molecule has 0 unspecified atom stereocenters. The first-order valence-corrected chi connectivity index (χ1v) is 8.21. The predicted octanol–water partition coefficient (Wildman–Crippen LogP) is 2.88. The van der Waals surface area contributed by atoms with Gasteiger partial charge in [-0.05, 0) is 43.2 Å². The van der Waals surface area contributed by atoms with Gasteiger partial charge in [-0.1, -0.05) is 26.8 Å². The van der Waals surface area contributed by atoms with Gasteiger partial charge in [-0.15, -0.1) is 0 Å². The summed E-state index contributed by atoms with van der Waals surface area (Å²) in [6.45, 7) is 9.68. The van der Waals surface area contributed by atoms with E-state index < -0.39 is 5.41 Å². The van der Waals surface area contributed by atoms with E-state index in [-0.39, 0.29) is 30.7 Å². The van der Waals surface area contributed by atoms with Gasteiger partial charge in [0.15, 0.2) is 12.5 Å². The summed E-state index contributed by atoms with van der Waals surface area (Å²) in [7, 11) is 0. The number of nitrogens with one attached hydrogen (secondary N) is 1. The van der Waals surface area contributed by atoms with Crippen LogP contribution >= 0.6 is 0 Å². The molecule has 0 spiro atoms. The molecule has 1 aromatic heterocycles. The van der Waals surface area contributed by atoms with Gasteiger partial charge in [0, 0.05) is 11.6 Å². The Bertz CT molecular complexity index is 752. The zero-order valence-electron chi connectivity index (χ0n) is 15.4. The van der Waals surface area contributed by atoms with Crippen molar-refractivity contribution in [2.45, 2.75) is 41.3 Å². The van der Waals surface area contributed by atoms with Crippen molar-refractivity contribution < 1.29 is 14.3 Å². The smallest absolute Gasteiger partial charge is 0.272 e. The first kappa shape index (κ1) is 18.7. The molecule has 0 aliphatic carbocycles. The second kappa shape index (κ2) is 7.51. The molecular formula is C19H25N3O3. The Balaban J connectivity index is 1.91. The second-order valence-electron chi connectivity index (χ2n) is 7.19. The number of aromatic nitrogens is 2. The van der Waals surface area contributed by atoms with Crippen LogP contribution in [0, 0.1) is 19.3 Å². The van der Waals surface area contributed by atoms with Crippen molar-refractivity contribution in [2.24, 2.45) is 5.41 Å². The van der Waals surface area contributed by atoms with Gasteiger partial charge in [0.2, 0.25) is 0 Å². The summed E-state index contributed by atoms with van der Waals surface area (Å²) in [5, 5.41) is 6.78. The first-order valence-electron chi connectivity index (χ1n) is 8.21. The molecule has 1 aromatic carbocycles. The van der Waals surface area contributed by atoms with E-state index >= 15 is 0 Å². The Morgan fingerprint density at radius 1 is 1.16 bits per heavy atom. The molecular weight excluding hydrogens is 318 g/mol. The van der Waals surface area contributed by atoms with E-state index in [1.807, 2.05) is 46.8 Å². The fourth-order valence-corrected chi connectivity index (χ4v) is 2.23. The maximum atomic E-state index is 12.1. The molecule has 6 heteroatoms. The van der Waals surface area contributed by atoms with Gasteiger partial charge in [0.25, 0.3) is 5.91 Å². The van der Waals surface area contributed by atoms with Crippen LogP contribution in [0.25, 0.3) is 0 Å². The zero-order chi connectivity index (χ0) is 18.6. The van der Waals surface area contributed by atoms with Crippen LogP contribution in [0.4, 0.5) is 0 Å². The standard InChI is InChI=1S/C19H25N3O3/c1-13-8-14(2)10-15(9-13)25-12-22-7-6-16(21-22)18(24)20-11-17(23)19(3,4)5/h6-10H,11-12H2,1-5H3,(H,20,24). The number of benzene rings is 1. The van der Waals surface area contributed by atoms with Gasteiger partial charge in [-0.3, -0.25) is 9.59 Å². The van der Waals surface area contributed by atoms with Crippen LogP contribution < -0.4 is 10.1 Å².